The van der Waals surface area contributed by atoms with E-state index in [9.17, 15) is 0 Å². The smallest absolute Gasteiger partial charge is 0.143 e. The lowest BCUT2D eigenvalue weighted by Gasteiger charge is -2.29. The number of aliphatic imine (C=N–C) groups is 1. The van der Waals surface area contributed by atoms with Crippen LogP contribution in [0.2, 0.25) is 0 Å². The van der Waals surface area contributed by atoms with E-state index in [0.29, 0.717) is 0 Å². The van der Waals surface area contributed by atoms with Crippen molar-refractivity contribution in [1.29, 1.82) is 0 Å². The molecule has 11 rings (SSSR count). The van der Waals surface area contributed by atoms with Gasteiger partial charge in [0.2, 0.25) is 0 Å². The summed E-state index contributed by atoms with van der Waals surface area (Å²) in [6.07, 6.45) is 0. The Morgan fingerprint density at radius 1 is 0.538 bits per heavy atom. The van der Waals surface area contributed by atoms with Crippen molar-refractivity contribution >= 4 is 86.9 Å². The Kier molecular flexibility index (Phi) is 6.36. The molecule has 0 radical (unpaired) electrons. The third-order valence-electron chi connectivity index (χ3n) is 10.6. The Labute approximate surface area is 302 Å². The lowest BCUT2D eigenvalue weighted by Crippen LogP contribution is -2.33. The topological polar surface area (TPSA) is 50.7 Å². The van der Waals surface area contributed by atoms with Gasteiger partial charge in [-0.25, -0.2) is 4.99 Å². The highest BCUT2D eigenvalue weighted by Gasteiger charge is 2.29. The fourth-order valence-corrected chi connectivity index (χ4v) is 9.28. The summed E-state index contributed by atoms with van der Waals surface area (Å²) < 4.78 is 15.7. The second-order valence-electron chi connectivity index (χ2n) is 13.5. The first-order valence-corrected chi connectivity index (χ1v) is 18.4. The van der Waals surface area contributed by atoms with Gasteiger partial charge in [-0.3, -0.25) is 0 Å². The van der Waals surface area contributed by atoms with Crippen LogP contribution in [0.5, 0.6) is 0 Å². The minimum Gasteiger partial charge on any atom is -0.456 e. The maximum atomic E-state index is 6.80. The van der Waals surface area contributed by atoms with Gasteiger partial charge in [-0.2, -0.15) is 0 Å². The van der Waals surface area contributed by atoms with Crippen molar-refractivity contribution in [1.82, 2.24) is 5.32 Å². The summed E-state index contributed by atoms with van der Waals surface area (Å²) in [5.41, 5.74) is 11.0. The Hall–Kier alpha value is -6.43. The molecular formula is C47H30N2O2S. The number of furan rings is 2. The van der Waals surface area contributed by atoms with Crippen molar-refractivity contribution in [2.24, 2.45) is 4.99 Å². The predicted molar refractivity (Wildman–Crippen MR) is 217 cm³/mol. The SMILES string of the molecule is CC1=C(c2ccc(-c3ccc4c(c3)sc3ccccc34)c3oc4ccccc4c23)N=C(c2ccccc2)NC1c1cccc2oc3ccccc3c12. The summed E-state index contributed by atoms with van der Waals surface area (Å²) in [5, 5.41) is 10.8. The van der Waals surface area contributed by atoms with Gasteiger partial charge in [0, 0.05) is 58.4 Å². The molecular weight excluding hydrogens is 657 g/mol. The molecule has 3 aromatic heterocycles. The predicted octanol–water partition coefficient (Wildman–Crippen LogP) is 13.0. The molecule has 1 aliphatic heterocycles. The first-order valence-electron chi connectivity index (χ1n) is 17.6. The lowest BCUT2D eigenvalue weighted by molar-refractivity contribution is 0.667. The molecule has 52 heavy (non-hydrogen) atoms. The molecule has 4 heterocycles. The minimum atomic E-state index is -0.157. The van der Waals surface area contributed by atoms with E-state index in [2.05, 4.69) is 140 Å². The van der Waals surface area contributed by atoms with Crippen LogP contribution in [0.3, 0.4) is 0 Å². The zero-order chi connectivity index (χ0) is 34.3. The first-order chi connectivity index (χ1) is 25.7. The van der Waals surface area contributed by atoms with Gasteiger partial charge < -0.3 is 14.2 Å². The van der Waals surface area contributed by atoms with Crippen LogP contribution in [0.15, 0.2) is 171 Å². The van der Waals surface area contributed by atoms with Gasteiger partial charge in [-0.1, -0.05) is 115 Å². The Bertz CT molecular complexity index is 3120. The van der Waals surface area contributed by atoms with E-state index < -0.39 is 0 Å². The number of nitrogens with one attached hydrogen (secondary N) is 1. The highest BCUT2D eigenvalue weighted by Crippen LogP contribution is 2.46. The van der Waals surface area contributed by atoms with E-state index in [4.69, 9.17) is 13.8 Å². The average Bonchev–Trinajstić information content (AvgIpc) is 3.89. The molecule has 1 aliphatic rings. The van der Waals surface area contributed by atoms with Crippen molar-refractivity contribution in [3.8, 4) is 11.1 Å². The number of rotatable bonds is 4. The summed E-state index contributed by atoms with van der Waals surface area (Å²) in [4.78, 5) is 5.43. The third kappa shape index (κ3) is 4.36. The Morgan fingerprint density at radius 2 is 1.21 bits per heavy atom. The van der Waals surface area contributed by atoms with Crippen LogP contribution < -0.4 is 5.32 Å². The molecule has 1 unspecified atom stereocenters. The van der Waals surface area contributed by atoms with Crippen molar-refractivity contribution in [3.05, 3.63) is 174 Å². The fourth-order valence-electron chi connectivity index (χ4n) is 8.13. The number of para-hydroxylation sites is 2. The molecule has 1 N–H and O–H groups in total. The lowest BCUT2D eigenvalue weighted by atomic mass is 9.89. The van der Waals surface area contributed by atoms with Gasteiger partial charge in [0.05, 0.1) is 11.7 Å². The van der Waals surface area contributed by atoms with Crippen molar-refractivity contribution in [2.75, 3.05) is 0 Å². The van der Waals surface area contributed by atoms with E-state index in [1.54, 1.807) is 0 Å². The minimum absolute atomic E-state index is 0.157. The second-order valence-corrected chi connectivity index (χ2v) is 14.6. The van der Waals surface area contributed by atoms with Crippen LogP contribution in [0.25, 0.3) is 80.9 Å². The van der Waals surface area contributed by atoms with Crippen molar-refractivity contribution in [2.45, 2.75) is 13.0 Å². The third-order valence-corrected chi connectivity index (χ3v) is 11.7. The largest absolute Gasteiger partial charge is 0.456 e. The average molecular weight is 687 g/mol. The molecule has 0 amide bonds. The Balaban J connectivity index is 1.17. The molecule has 10 aromatic rings. The highest BCUT2D eigenvalue weighted by atomic mass is 32.1. The van der Waals surface area contributed by atoms with E-state index in [1.165, 1.54) is 20.2 Å². The molecule has 0 saturated heterocycles. The molecule has 7 aromatic carbocycles. The molecule has 246 valence electrons. The van der Waals surface area contributed by atoms with Crippen molar-refractivity contribution < 1.29 is 8.83 Å². The molecule has 4 nitrogen and oxygen atoms in total. The van der Waals surface area contributed by atoms with Gasteiger partial charge in [-0.15, -0.1) is 11.3 Å². The van der Waals surface area contributed by atoms with Crippen LogP contribution >= 0.6 is 11.3 Å². The number of fused-ring (bicyclic) bond motifs is 9. The van der Waals surface area contributed by atoms with Gasteiger partial charge in [0.1, 0.15) is 28.2 Å². The maximum absolute atomic E-state index is 6.80. The monoisotopic (exact) mass is 686 g/mol. The number of hydrogen-bond donors (Lipinski definition) is 1. The second kappa shape index (κ2) is 11.3. The molecule has 0 fully saturated rings. The molecule has 0 aliphatic carbocycles. The molecule has 5 heteroatoms. The molecule has 0 saturated carbocycles. The van der Waals surface area contributed by atoms with Gasteiger partial charge in [0.15, 0.2) is 0 Å². The van der Waals surface area contributed by atoms with Crippen LogP contribution in [-0.2, 0) is 0 Å². The fraction of sp³-hybridized carbons (Fsp3) is 0.0426. The Morgan fingerprint density at radius 3 is 2.06 bits per heavy atom. The standard InChI is InChI=1S/C47H30N2O2S/c1-27-44(35-17-11-20-39-42(35)33-15-5-8-18-37(33)50-39)48-47(28-12-3-2-4-13-28)49-45(27)36-25-24-30(46-43(36)34-16-6-9-19-38(34)51-46)29-22-23-32-31-14-7-10-21-40(31)52-41(32)26-29/h2-26,44H,1H3,(H,48,49). The van der Waals surface area contributed by atoms with Gasteiger partial charge >= 0.3 is 0 Å². The highest BCUT2D eigenvalue weighted by molar-refractivity contribution is 7.25. The summed E-state index contributed by atoms with van der Waals surface area (Å²) >= 11 is 1.84. The number of amidine groups is 1. The van der Waals surface area contributed by atoms with E-state index in [-0.39, 0.29) is 6.04 Å². The number of hydrogen-bond acceptors (Lipinski definition) is 5. The van der Waals surface area contributed by atoms with Gasteiger partial charge in [0.25, 0.3) is 0 Å². The summed E-state index contributed by atoms with van der Waals surface area (Å²) in [6, 6.07) is 53.2. The summed E-state index contributed by atoms with van der Waals surface area (Å²) in [6.45, 7) is 2.21. The summed E-state index contributed by atoms with van der Waals surface area (Å²) in [5.74, 6) is 0.830. The van der Waals surface area contributed by atoms with Crippen LogP contribution in [-0.4, -0.2) is 5.84 Å². The van der Waals surface area contributed by atoms with Crippen LogP contribution in [0.4, 0.5) is 0 Å². The number of thiophene rings is 1. The first kappa shape index (κ1) is 29.3. The van der Waals surface area contributed by atoms with Crippen LogP contribution in [0, 0.1) is 0 Å². The van der Waals surface area contributed by atoms with Crippen LogP contribution in [0.1, 0.15) is 29.7 Å². The zero-order valence-electron chi connectivity index (χ0n) is 28.2. The molecule has 1 atom stereocenters. The zero-order valence-corrected chi connectivity index (χ0v) is 29.0. The molecule has 0 bridgehead atoms. The van der Waals surface area contributed by atoms with E-state index >= 15 is 0 Å². The quantitative estimate of drug-likeness (QED) is 0.200. The molecule has 0 spiro atoms. The van der Waals surface area contributed by atoms with Crippen molar-refractivity contribution in [3.63, 3.8) is 0 Å². The maximum Gasteiger partial charge on any atom is 0.143 e. The van der Waals surface area contributed by atoms with E-state index in [0.717, 1.165) is 88.8 Å². The number of nitrogens with zero attached hydrogens (tertiary/aromatic N) is 1. The van der Waals surface area contributed by atoms with Gasteiger partial charge in [-0.05, 0) is 60.0 Å². The normalized spacial score (nSPS) is 15.0. The van der Waals surface area contributed by atoms with E-state index in [1.807, 2.05) is 35.6 Å². The summed E-state index contributed by atoms with van der Waals surface area (Å²) in [7, 11) is 0. The number of benzene rings is 7.